The number of ether oxygens (including phenoxy) is 2. The number of oxazole rings is 1. The maximum Gasteiger partial charge on any atom is 0.422 e. The highest BCUT2D eigenvalue weighted by atomic mass is 35.5. The number of amides is 3. The van der Waals surface area contributed by atoms with Gasteiger partial charge >= 0.3 is 30.0 Å². The Balaban J connectivity index is 1.05. The lowest BCUT2D eigenvalue weighted by Gasteiger charge is -2.19. The van der Waals surface area contributed by atoms with Crippen molar-refractivity contribution in [2.45, 2.75) is 37.0 Å². The summed E-state index contributed by atoms with van der Waals surface area (Å²) in [6.07, 6.45) is -0.594. The third kappa shape index (κ3) is 10.9. The van der Waals surface area contributed by atoms with E-state index in [9.17, 15) is 32.3 Å². The summed E-state index contributed by atoms with van der Waals surface area (Å²) in [6.45, 7) is -1.80. The number of esters is 1. The van der Waals surface area contributed by atoms with Crippen molar-refractivity contribution in [1.29, 1.82) is 0 Å². The van der Waals surface area contributed by atoms with Gasteiger partial charge in [0.1, 0.15) is 6.04 Å². The summed E-state index contributed by atoms with van der Waals surface area (Å²) in [7, 11) is 1.13. The second-order valence-electron chi connectivity index (χ2n) is 12.6. The molecular formula is C37H33ClF3N9O7. The lowest BCUT2D eigenvalue weighted by atomic mass is 10.1. The predicted octanol–water partition coefficient (Wildman–Crippen LogP) is 5.38. The standard InChI is InChI=1S/C37H33ClF3N9O7/c1-55-32(54)27(13-16-43-30(52)31(53)44-26-4-2-3-22(17-26)28-18-42-20-57-28)46-29(51)21-5-11-25(12-6-21)45-33-47-34(49-35(48-33)56-19-37(39,40)41)50-36(14-15-36)23-7-9-24(38)10-8-23/h2-12,17-18,20,27H,13-16,19H2,1H3,(H,43,52)(H,44,53)(H,46,51)(H2,45,47,48,49,50)/t27-/m1/s1. The molecule has 2 heterocycles. The molecule has 1 atom stereocenters. The summed E-state index contributed by atoms with van der Waals surface area (Å²) < 4.78 is 53.8. The van der Waals surface area contributed by atoms with Gasteiger partial charge in [-0.1, -0.05) is 35.9 Å². The van der Waals surface area contributed by atoms with E-state index in [0.29, 0.717) is 40.6 Å². The zero-order valence-corrected chi connectivity index (χ0v) is 30.6. The predicted molar refractivity (Wildman–Crippen MR) is 199 cm³/mol. The molecule has 6 rings (SSSR count). The van der Waals surface area contributed by atoms with Crippen LogP contribution in [0, 0.1) is 0 Å². The summed E-state index contributed by atoms with van der Waals surface area (Å²) in [5, 5.41) is 14.0. The minimum atomic E-state index is -4.64. The van der Waals surface area contributed by atoms with Crippen molar-refractivity contribution in [1.82, 2.24) is 30.6 Å². The van der Waals surface area contributed by atoms with Crippen molar-refractivity contribution in [2.24, 2.45) is 0 Å². The van der Waals surface area contributed by atoms with Crippen LogP contribution in [0.1, 0.15) is 35.2 Å². The van der Waals surface area contributed by atoms with Gasteiger partial charge in [0.2, 0.25) is 11.9 Å². The first-order valence-corrected chi connectivity index (χ1v) is 17.5. The number of alkyl halides is 3. The van der Waals surface area contributed by atoms with Gasteiger partial charge in [-0.05, 0) is 73.4 Å². The highest BCUT2D eigenvalue weighted by molar-refractivity contribution is 6.39. The average Bonchev–Trinajstić information content (AvgIpc) is 3.74. The third-order valence-electron chi connectivity index (χ3n) is 8.43. The van der Waals surface area contributed by atoms with Gasteiger partial charge in [-0.25, -0.2) is 9.78 Å². The Morgan fingerprint density at radius 2 is 1.67 bits per heavy atom. The van der Waals surface area contributed by atoms with Crippen LogP contribution >= 0.6 is 11.6 Å². The molecule has 0 saturated heterocycles. The molecule has 0 aliphatic heterocycles. The topological polar surface area (TPSA) is 212 Å². The Labute approximate surface area is 326 Å². The molecule has 1 aliphatic rings. The van der Waals surface area contributed by atoms with Crippen molar-refractivity contribution in [3.05, 3.63) is 102 Å². The van der Waals surface area contributed by atoms with Crippen LogP contribution in [-0.2, 0) is 24.7 Å². The van der Waals surface area contributed by atoms with Gasteiger partial charge in [0, 0.05) is 34.1 Å². The largest absolute Gasteiger partial charge is 0.467 e. The Hall–Kier alpha value is -6.76. The number of aromatic nitrogens is 4. The van der Waals surface area contributed by atoms with Gasteiger partial charge in [0.05, 0.1) is 18.8 Å². The highest BCUT2D eigenvalue weighted by Crippen LogP contribution is 2.48. The minimum Gasteiger partial charge on any atom is -0.467 e. The molecule has 3 aromatic carbocycles. The van der Waals surface area contributed by atoms with E-state index in [-0.39, 0.29) is 30.4 Å². The normalized spacial score (nSPS) is 13.4. The number of methoxy groups -OCH3 is 1. The fourth-order valence-electron chi connectivity index (χ4n) is 5.45. The molecule has 1 fully saturated rings. The number of benzene rings is 3. The Kier molecular flexibility index (Phi) is 12.2. The first-order chi connectivity index (χ1) is 27.3. The van der Waals surface area contributed by atoms with Crippen LogP contribution in [0.3, 0.4) is 0 Å². The van der Waals surface area contributed by atoms with Gasteiger partial charge in [0.15, 0.2) is 18.8 Å². The van der Waals surface area contributed by atoms with Crippen molar-refractivity contribution in [3.63, 3.8) is 0 Å². The van der Waals surface area contributed by atoms with E-state index < -0.39 is 54.1 Å². The number of nitrogens with zero attached hydrogens (tertiary/aromatic N) is 4. The van der Waals surface area contributed by atoms with E-state index in [4.69, 9.17) is 25.5 Å². The zero-order chi connectivity index (χ0) is 40.6. The second-order valence-corrected chi connectivity index (χ2v) is 13.0. The van der Waals surface area contributed by atoms with Crippen LogP contribution in [0.2, 0.25) is 5.02 Å². The van der Waals surface area contributed by atoms with E-state index in [1.54, 1.807) is 36.4 Å². The molecule has 20 heteroatoms. The smallest absolute Gasteiger partial charge is 0.422 e. The minimum absolute atomic E-state index is 0.0346. The number of anilines is 4. The number of hydrogen-bond acceptors (Lipinski definition) is 13. The molecule has 0 spiro atoms. The van der Waals surface area contributed by atoms with Crippen LogP contribution in [0.4, 0.5) is 36.4 Å². The summed E-state index contributed by atoms with van der Waals surface area (Å²) in [6, 6.07) is 17.7. The molecular weight excluding hydrogens is 775 g/mol. The van der Waals surface area contributed by atoms with Crippen molar-refractivity contribution in [2.75, 3.05) is 36.2 Å². The van der Waals surface area contributed by atoms with Crippen molar-refractivity contribution >= 4 is 58.6 Å². The molecule has 1 aliphatic carbocycles. The Morgan fingerprint density at radius 3 is 2.33 bits per heavy atom. The van der Waals surface area contributed by atoms with E-state index >= 15 is 0 Å². The SMILES string of the molecule is COC(=O)[C@@H](CCNC(=O)C(=O)Nc1cccc(-c2cnco2)c1)NC(=O)c1ccc(Nc2nc(NC3(c4ccc(Cl)cc4)CC3)nc(OCC(F)(F)F)n2)cc1. The number of rotatable bonds is 15. The second kappa shape index (κ2) is 17.4. The third-order valence-corrected chi connectivity index (χ3v) is 8.69. The van der Waals surface area contributed by atoms with Crippen molar-refractivity contribution < 1.29 is 46.2 Å². The van der Waals surface area contributed by atoms with E-state index in [1.807, 2.05) is 12.1 Å². The van der Waals surface area contributed by atoms with Gasteiger partial charge in [-0.3, -0.25) is 14.4 Å². The lowest BCUT2D eigenvalue weighted by molar-refractivity contribution is -0.154. The van der Waals surface area contributed by atoms with Gasteiger partial charge in [-0.15, -0.1) is 0 Å². The van der Waals surface area contributed by atoms with Crippen LogP contribution in [0.5, 0.6) is 6.01 Å². The fourth-order valence-corrected chi connectivity index (χ4v) is 5.57. The maximum atomic E-state index is 13.1. The molecule has 1 saturated carbocycles. The van der Waals surface area contributed by atoms with Gasteiger partial charge in [-0.2, -0.15) is 28.1 Å². The molecule has 0 radical (unpaired) electrons. The van der Waals surface area contributed by atoms with E-state index in [0.717, 1.165) is 12.7 Å². The van der Waals surface area contributed by atoms with Crippen LogP contribution in [0.25, 0.3) is 11.3 Å². The number of carbonyl (C=O) groups is 4. The molecule has 2 aromatic heterocycles. The van der Waals surface area contributed by atoms with Crippen LogP contribution < -0.4 is 31.3 Å². The summed E-state index contributed by atoms with van der Waals surface area (Å²) in [5.74, 6) is -3.12. The van der Waals surface area contributed by atoms with Crippen LogP contribution in [-0.4, -0.2) is 76.1 Å². The average molecular weight is 808 g/mol. The molecule has 57 heavy (non-hydrogen) atoms. The van der Waals surface area contributed by atoms with Crippen LogP contribution in [0.15, 0.2) is 89.8 Å². The Morgan fingerprint density at radius 1 is 0.930 bits per heavy atom. The van der Waals surface area contributed by atoms with Crippen molar-refractivity contribution in [3.8, 4) is 17.3 Å². The first kappa shape index (κ1) is 39.9. The summed E-state index contributed by atoms with van der Waals surface area (Å²) in [5.41, 5.74) is 1.75. The summed E-state index contributed by atoms with van der Waals surface area (Å²) in [4.78, 5) is 66.8. The molecule has 16 nitrogen and oxygen atoms in total. The molecule has 296 valence electrons. The fraction of sp³-hybridized carbons (Fsp3) is 0.243. The number of hydrogen-bond donors (Lipinski definition) is 5. The molecule has 3 amide bonds. The quantitative estimate of drug-likeness (QED) is 0.0665. The highest BCUT2D eigenvalue weighted by Gasteiger charge is 2.45. The number of halogens is 4. The Bertz CT molecular complexity index is 2220. The number of carbonyl (C=O) groups excluding carboxylic acids is 4. The number of nitrogens with one attached hydrogen (secondary N) is 5. The van der Waals surface area contributed by atoms with E-state index in [2.05, 4.69) is 46.5 Å². The molecule has 0 unspecified atom stereocenters. The molecule has 5 aromatic rings. The molecule has 5 N–H and O–H groups in total. The first-order valence-electron chi connectivity index (χ1n) is 17.1. The maximum absolute atomic E-state index is 13.1. The lowest BCUT2D eigenvalue weighted by Crippen LogP contribution is -2.44. The van der Waals surface area contributed by atoms with E-state index in [1.165, 1.54) is 36.9 Å². The monoisotopic (exact) mass is 807 g/mol. The molecule has 0 bridgehead atoms. The zero-order valence-electron chi connectivity index (χ0n) is 29.9. The van der Waals surface area contributed by atoms with Gasteiger partial charge < -0.3 is 40.5 Å². The summed E-state index contributed by atoms with van der Waals surface area (Å²) >= 11 is 6.03. The van der Waals surface area contributed by atoms with Gasteiger partial charge in [0.25, 0.3) is 5.91 Å².